The number of methoxy groups -OCH3 is 1. The van der Waals surface area contributed by atoms with E-state index in [1.165, 1.54) is 6.07 Å². The van der Waals surface area contributed by atoms with Gasteiger partial charge in [-0.15, -0.1) is 0 Å². The largest absolute Gasteiger partial charge is 0.503 e. The molecule has 0 aliphatic carbocycles. The SMILES string of the molecule is COC1Cn2ccc(=O)c(O)c2C(c2ccccc2)O1. The molecule has 5 heteroatoms. The van der Waals surface area contributed by atoms with Crippen molar-refractivity contribution in [3.05, 3.63) is 64.1 Å². The fourth-order valence-corrected chi connectivity index (χ4v) is 2.43. The molecule has 0 spiro atoms. The highest BCUT2D eigenvalue weighted by Crippen LogP contribution is 2.35. The lowest BCUT2D eigenvalue weighted by Crippen LogP contribution is -2.34. The minimum absolute atomic E-state index is 0.268. The highest BCUT2D eigenvalue weighted by atomic mass is 16.7. The van der Waals surface area contributed by atoms with Crippen LogP contribution in [-0.4, -0.2) is 23.1 Å². The molecule has 2 unspecified atom stereocenters. The van der Waals surface area contributed by atoms with Gasteiger partial charge in [0.25, 0.3) is 0 Å². The summed E-state index contributed by atoms with van der Waals surface area (Å²) in [4.78, 5) is 11.7. The van der Waals surface area contributed by atoms with E-state index >= 15 is 0 Å². The van der Waals surface area contributed by atoms with Crippen LogP contribution in [0.15, 0.2) is 47.4 Å². The number of fused-ring (bicyclic) bond motifs is 1. The summed E-state index contributed by atoms with van der Waals surface area (Å²) in [6, 6.07) is 10.8. The van der Waals surface area contributed by atoms with Gasteiger partial charge in [0.05, 0.1) is 12.2 Å². The summed E-state index contributed by atoms with van der Waals surface area (Å²) in [5.74, 6) is -0.268. The predicted molar refractivity (Wildman–Crippen MR) is 72.5 cm³/mol. The van der Waals surface area contributed by atoms with Crippen LogP contribution in [0.1, 0.15) is 17.4 Å². The molecule has 5 nitrogen and oxygen atoms in total. The normalized spacial score (nSPS) is 21.4. The Hall–Kier alpha value is -2.11. The summed E-state index contributed by atoms with van der Waals surface area (Å²) in [5, 5.41) is 10.1. The van der Waals surface area contributed by atoms with E-state index in [9.17, 15) is 9.90 Å². The second kappa shape index (κ2) is 5.11. The van der Waals surface area contributed by atoms with Crippen molar-refractivity contribution < 1.29 is 14.6 Å². The highest BCUT2D eigenvalue weighted by Gasteiger charge is 2.31. The van der Waals surface area contributed by atoms with Crippen molar-refractivity contribution >= 4 is 0 Å². The number of aromatic hydroxyl groups is 1. The number of hydrogen-bond donors (Lipinski definition) is 1. The third kappa shape index (κ3) is 2.11. The average Bonchev–Trinajstić information content (AvgIpc) is 2.51. The van der Waals surface area contributed by atoms with E-state index < -0.39 is 17.8 Å². The molecule has 1 aliphatic rings. The molecule has 0 amide bonds. The lowest BCUT2D eigenvalue weighted by Gasteiger charge is -2.33. The quantitative estimate of drug-likeness (QED) is 0.903. The molecular weight excluding hydrogens is 258 g/mol. The highest BCUT2D eigenvalue weighted by molar-refractivity contribution is 5.36. The van der Waals surface area contributed by atoms with Gasteiger partial charge in [0, 0.05) is 19.4 Å². The number of ether oxygens (including phenoxy) is 2. The molecular formula is C15H15NO4. The van der Waals surface area contributed by atoms with Gasteiger partial charge < -0.3 is 19.1 Å². The molecule has 2 atom stereocenters. The Bertz CT molecular complexity index is 665. The first-order chi connectivity index (χ1) is 9.70. The Morgan fingerprint density at radius 1 is 1.30 bits per heavy atom. The van der Waals surface area contributed by atoms with Crippen molar-refractivity contribution in [1.29, 1.82) is 0 Å². The Morgan fingerprint density at radius 2 is 2.05 bits per heavy atom. The molecule has 104 valence electrons. The van der Waals surface area contributed by atoms with E-state index in [-0.39, 0.29) is 5.75 Å². The summed E-state index contributed by atoms with van der Waals surface area (Å²) in [6.45, 7) is 0.434. The monoisotopic (exact) mass is 273 g/mol. The fourth-order valence-electron chi connectivity index (χ4n) is 2.43. The number of hydrogen-bond acceptors (Lipinski definition) is 4. The van der Waals surface area contributed by atoms with E-state index in [2.05, 4.69) is 0 Å². The smallest absolute Gasteiger partial charge is 0.223 e. The molecule has 20 heavy (non-hydrogen) atoms. The van der Waals surface area contributed by atoms with Crippen LogP contribution in [0.5, 0.6) is 5.75 Å². The number of nitrogens with zero attached hydrogens (tertiary/aromatic N) is 1. The van der Waals surface area contributed by atoms with Crippen molar-refractivity contribution in [2.75, 3.05) is 7.11 Å². The van der Waals surface area contributed by atoms with Gasteiger partial charge in [0.2, 0.25) is 5.43 Å². The molecule has 2 heterocycles. The van der Waals surface area contributed by atoms with Gasteiger partial charge in [-0.1, -0.05) is 30.3 Å². The maximum atomic E-state index is 11.7. The predicted octanol–water partition coefficient (Wildman–Crippen LogP) is 1.65. The standard InChI is InChI=1S/C15H15NO4/c1-19-12-9-16-8-7-11(17)14(18)13(16)15(20-12)10-5-3-2-4-6-10/h2-8,12,15,18H,9H2,1H3. The second-order valence-corrected chi connectivity index (χ2v) is 4.66. The lowest BCUT2D eigenvalue weighted by molar-refractivity contribution is -0.170. The zero-order chi connectivity index (χ0) is 14.1. The molecule has 0 bridgehead atoms. The van der Waals surface area contributed by atoms with Crippen LogP contribution >= 0.6 is 0 Å². The Kier molecular flexibility index (Phi) is 3.30. The molecule has 0 radical (unpaired) electrons. The van der Waals surface area contributed by atoms with Crippen LogP contribution in [0.2, 0.25) is 0 Å². The van der Waals surface area contributed by atoms with Gasteiger partial charge in [0.1, 0.15) is 6.10 Å². The summed E-state index contributed by atoms with van der Waals surface area (Å²) in [7, 11) is 1.57. The molecule has 0 saturated heterocycles. The second-order valence-electron chi connectivity index (χ2n) is 4.66. The van der Waals surface area contributed by atoms with E-state index in [0.717, 1.165) is 5.56 Å². The van der Waals surface area contributed by atoms with Crippen LogP contribution in [0.25, 0.3) is 0 Å². The molecule has 1 aromatic heterocycles. The first-order valence-corrected chi connectivity index (χ1v) is 6.36. The summed E-state index contributed by atoms with van der Waals surface area (Å²) in [5.41, 5.74) is 0.928. The number of aromatic nitrogens is 1. The molecule has 3 rings (SSSR count). The molecule has 1 aromatic carbocycles. The number of pyridine rings is 1. The van der Waals surface area contributed by atoms with Crippen LogP contribution in [0.3, 0.4) is 0 Å². The minimum Gasteiger partial charge on any atom is -0.503 e. The van der Waals surface area contributed by atoms with Crippen molar-refractivity contribution in [3.8, 4) is 5.75 Å². The van der Waals surface area contributed by atoms with Gasteiger partial charge in [-0.2, -0.15) is 0 Å². The third-order valence-electron chi connectivity index (χ3n) is 3.44. The molecule has 1 aliphatic heterocycles. The lowest BCUT2D eigenvalue weighted by atomic mass is 10.0. The number of rotatable bonds is 2. The van der Waals surface area contributed by atoms with Crippen LogP contribution < -0.4 is 5.43 Å². The van der Waals surface area contributed by atoms with E-state index in [1.807, 2.05) is 30.3 Å². The minimum atomic E-state index is -0.524. The molecule has 2 aromatic rings. The van der Waals surface area contributed by atoms with Gasteiger partial charge in [0.15, 0.2) is 12.0 Å². The van der Waals surface area contributed by atoms with Gasteiger partial charge in [-0.3, -0.25) is 4.79 Å². The van der Waals surface area contributed by atoms with Crippen LogP contribution in [-0.2, 0) is 16.0 Å². The van der Waals surface area contributed by atoms with Crippen molar-refractivity contribution in [2.24, 2.45) is 0 Å². The van der Waals surface area contributed by atoms with E-state index in [4.69, 9.17) is 9.47 Å². The zero-order valence-electron chi connectivity index (χ0n) is 11.0. The Labute approximate surface area is 116 Å². The molecule has 0 fully saturated rings. The average molecular weight is 273 g/mol. The summed E-state index contributed by atoms with van der Waals surface area (Å²) >= 11 is 0. The molecule has 0 saturated carbocycles. The van der Waals surface area contributed by atoms with E-state index in [0.29, 0.717) is 12.2 Å². The third-order valence-corrected chi connectivity index (χ3v) is 3.44. The zero-order valence-corrected chi connectivity index (χ0v) is 11.0. The van der Waals surface area contributed by atoms with Gasteiger partial charge in [-0.25, -0.2) is 0 Å². The first-order valence-electron chi connectivity index (χ1n) is 6.36. The maximum Gasteiger partial charge on any atom is 0.223 e. The Balaban J connectivity index is 2.16. The fraction of sp³-hybridized carbons (Fsp3) is 0.267. The van der Waals surface area contributed by atoms with Gasteiger partial charge in [-0.05, 0) is 5.56 Å². The van der Waals surface area contributed by atoms with Gasteiger partial charge >= 0.3 is 0 Å². The van der Waals surface area contributed by atoms with Crippen LogP contribution in [0, 0.1) is 0 Å². The molecule has 1 N–H and O–H groups in total. The summed E-state index contributed by atoms with van der Waals surface area (Å²) < 4.78 is 12.9. The Morgan fingerprint density at radius 3 is 2.75 bits per heavy atom. The van der Waals surface area contributed by atoms with Crippen molar-refractivity contribution in [3.63, 3.8) is 0 Å². The van der Waals surface area contributed by atoms with Crippen molar-refractivity contribution in [1.82, 2.24) is 4.57 Å². The first kappa shape index (κ1) is 12.9. The topological polar surface area (TPSA) is 60.7 Å². The van der Waals surface area contributed by atoms with Crippen molar-refractivity contribution in [2.45, 2.75) is 18.9 Å². The number of benzene rings is 1. The van der Waals surface area contributed by atoms with E-state index in [1.54, 1.807) is 17.9 Å². The summed E-state index contributed by atoms with van der Waals surface area (Å²) in [6.07, 6.45) is 0.709. The van der Waals surface area contributed by atoms with Crippen LogP contribution in [0.4, 0.5) is 0 Å². The maximum absolute atomic E-state index is 11.7.